The molecule has 8 nitrogen and oxygen atoms in total. The summed E-state index contributed by atoms with van der Waals surface area (Å²) in [4.78, 5) is 20.7. The molecule has 0 spiro atoms. The van der Waals surface area contributed by atoms with E-state index in [1.165, 1.54) is 49.1 Å². The van der Waals surface area contributed by atoms with Crippen LogP contribution in [0.25, 0.3) is 24.3 Å². The van der Waals surface area contributed by atoms with Gasteiger partial charge in [-0.3, -0.25) is 0 Å². The molecule has 0 atom stereocenters. The fraction of sp³-hybridized carbons (Fsp3) is 0. The van der Waals surface area contributed by atoms with E-state index >= 15 is 0 Å². The molecule has 0 unspecified atom stereocenters. The van der Waals surface area contributed by atoms with Crippen LogP contribution in [0.4, 0.5) is 0 Å². The first-order chi connectivity index (χ1) is 20.3. The third-order valence-electron chi connectivity index (χ3n) is 5.57. The largest absolute Gasteiger partial charge is 0.619 e. The molecule has 8 heteroatoms. The number of nitrogens with zero attached hydrogens (tertiary/aromatic N) is 2. The minimum absolute atomic E-state index is 0.0833. The molecular formula is C34H28N2O6. The molecule has 0 saturated carbocycles. The van der Waals surface area contributed by atoms with Crippen molar-refractivity contribution >= 4 is 36.2 Å². The van der Waals surface area contributed by atoms with Crippen molar-refractivity contribution in [3.8, 4) is 0 Å². The number of rotatable bonds is 6. The number of aromatic carboxylic acids is 2. The number of hydrogen-bond acceptors (Lipinski definition) is 4. The first-order valence-electron chi connectivity index (χ1n) is 12.7. The number of benzene rings is 3. The van der Waals surface area contributed by atoms with Crippen LogP contribution >= 0.6 is 0 Å². The summed E-state index contributed by atoms with van der Waals surface area (Å²) in [7, 11) is 0. The Morgan fingerprint density at radius 3 is 0.976 bits per heavy atom. The third kappa shape index (κ3) is 11.0. The molecule has 0 saturated heterocycles. The number of carboxylic acids is 2. The van der Waals surface area contributed by atoms with Gasteiger partial charge < -0.3 is 20.6 Å². The van der Waals surface area contributed by atoms with Crippen LogP contribution in [-0.2, 0) is 0 Å². The second kappa shape index (κ2) is 16.2. The summed E-state index contributed by atoms with van der Waals surface area (Å²) in [5, 5.41) is 38.5. The number of aromatic nitrogens is 2. The van der Waals surface area contributed by atoms with Gasteiger partial charge in [-0.15, -0.1) is 0 Å². The average Bonchev–Trinajstić information content (AvgIpc) is 3.02. The van der Waals surface area contributed by atoms with Crippen molar-refractivity contribution < 1.29 is 29.3 Å². The fourth-order valence-corrected chi connectivity index (χ4v) is 3.34. The van der Waals surface area contributed by atoms with E-state index in [1.54, 1.807) is 24.3 Å². The summed E-state index contributed by atoms with van der Waals surface area (Å²) in [6, 6.07) is 32.3. The smallest absolute Gasteiger partial charge is 0.335 e. The average molecular weight is 561 g/mol. The van der Waals surface area contributed by atoms with Crippen LogP contribution in [0.3, 0.4) is 0 Å². The van der Waals surface area contributed by atoms with Gasteiger partial charge >= 0.3 is 11.9 Å². The molecule has 0 bridgehead atoms. The van der Waals surface area contributed by atoms with E-state index < -0.39 is 11.9 Å². The molecule has 0 fully saturated rings. The van der Waals surface area contributed by atoms with Gasteiger partial charge in [0.25, 0.3) is 0 Å². The molecule has 0 radical (unpaired) electrons. The van der Waals surface area contributed by atoms with Crippen molar-refractivity contribution in [2.24, 2.45) is 0 Å². The van der Waals surface area contributed by atoms with Gasteiger partial charge in [0.2, 0.25) is 0 Å². The van der Waals surface area contributed by atoms with E-state index in [-0.39, 0.29) is 11.1 Å². The fourth-order valence-electron chi connectivity index (χ4n) is 3.34. The van der Waals surface area contributed by atoms with Gasteiger partial charge in [0, 0.05) is 24.3 Å². The van der Waals surface area contributed by atoms with Crippen LogP contribution in [0.15, 0.2) is 134 Å². The Balaban J connectivity index is 0.000000174. The van der Waals surface area contributed by atoms with E-state index in [1.807, 2.05) is 85.0 Å². The highest BCUT2D eigenvalue weighted by Gasteiger charge is 2.04. The standard InChI is InChI=1S/2C13H11NO.C8H6O4/c2*15-14-10-8-13(9-11-14)7-6-12-4-2-1-3-5-12;9-7(10)5-1-2-6(4-3-5)8(11)12/h2*1-11H;1-4H,(H,9,10)(H,11,12)/b2*7-6+;. The Morgan fingerprint density at radius 2 is 0.714 bits per heavy atom. The van der Waals surface area contributed by atoms with Gasteiger partial charge in [0.1, 0.15) is 0 Å². The predicted molar refractivity (Wildman–Crippen MR) is 162 cm³/mol. The highest BCUT2D eigenvalue weighted by atomic mass is 16.5. The summed E-state index contributed by atoms with van der Waals surface area (Å²) in [5.74, 6) is -2.13. The first kappa shape index (κ1) is 30.5. The van der Waals surface area contributed by atoms with Gasteiger partial charge in [0.15, 0.2) is 24.8 Å². The van der Waals surface area contributed by atoms with Crippen LogP contribution in [0.2, 0.25) is 0 Å². The monoisotopic (exact) mass is 560 g/mol. The van der Waals surface area contributed by atoms with E-state index in [4.69, 9.17) is 10.2 Å². The minimum Gasteiger partial charge on any atom is -0.619 e. The zero-order chi connectivity index (χ0) is 30.2. The van der Waals surface area contributed by atoms with E-state index in [0.717, 1.165) is 31.7 Å². The van der Waals surface area contributed by atoms with Crippen molar-refractivity contribution in [3.63, 3.8) is 0 Å². The maximum Gasteiger partial charge on any atom is 0.335 e. The molecule has 0 aliphatic carbocycles. The third-order valence-corrected chi connectivity index (χ3v) is 5.57. The van der Waals surface area contributed by atoms with Gasteiger partial charge in [0.05, 0.1) is 11.1 Å². The van der Waals surface area contributed by atoms with E-state index in [2.05, 4.69) is 0 Å². The molecule has 0 amide bonds. The van der Waals surface area contributed by atoms with Gasteiger partial charge in [-0.2, -0.15) is 9.46 Å². The van der Waals surface area contributed by atoms with Crippen LogP contribution in [0.1, 0.15) is 43.0 Å². The molecule has 210 valence electrons. The van der Waals surface area contributed by atoms with Gasteiger partial charge in [-0.1, -0.05) is 85.0 Å². The summed E-state index contributed by atoms with van der Waals surface area (Å²) in [6.45, 7) is 0. The second-order valence-corrected chi connectivity index (χ2v) is 8.66. The Kier molecular flexibility index (Phi) is 11.7. The molecule has 0 aliphatic rings. The SMILES string of the molecule is O=C(O)c1ccc(C(=O)O)cc1.[O-][n+]1ccc(/C=C/c2ccccc2)cc1.[O-][n+]1ccc(/C=C/c2ccccc2)cc1. The maximum atomic E-state index is 10.8. The Bertz CT molecular complexity index is 1480. The predicted octanol–water partition coefficient (Wildman–Crippen LogP) is 6.06. The Hall–Kier alpha value is -6.02. The number of carboxylic acid groups (broad SMARTS) is 2. The number of carbonyl (C=O) groups is 2. The lowest BCUT2D eigenvalue weighted by Gasteiger charge is -1.95. The van der Waals surface area contributed by atoms with E-state index in [9.17, 15) is 20.0 Å². The Morgan fingerprint density at radius 1 is 0.452 bits per heavy atom. The number of pyridine rings is 2. The van der Waals surface area contributed by atoms with Crippen LogP contribution in [0, 0.1) is 10.4 Å². The molecular weight excluding hydrogens is 532 g/mol. The molecule has 3 aromatic carbocycles. The van der Waals surface area contributed by atoms with Crippen LogP contribution in [0.5, 0.6) is 0 Å². The molecule has 2 heterocycles. The topological polar surface area (TPSA) is 128 Å². The lowest BCUT2D eigenvalue weighted by atomic mass is 10.1. The lowest BCUT2D eigenvalue weighted by Crippen LogP contribution is -2.23. The van der Waals surface area contributed by atoms with Gasteiger partial charge in [-0.05, 0) is 46.5 Å². The molecule has 5 rings (SSSR count). The van der Waals surface area contributed by atoms with Crippen molar-refractivity contribution in [3.05, 3.63) is 178 Å². The highest BCUT2D eigenvalue weighted by Crippen LogP contribution is 2.07. The molecule has 2 N–H and O–H groups in total. The molecule has 5 aromatic rings. The van der Waals surface area contributed by atoms with Crippen molar-refractivity contribution in [1.82, 2.24) is 0 Å². The summed E-state index contributed by atoms with van der Waals surface area (Å²) in [6.07, 6.45) is 14.0. The molecule has 42 heavy (non-hydrogen) atoms. The Labute approximate surface area is 243 Å². The zero-order valence-electron chi connectivity index (χ0n) is 22.4. The second-order valence-electron chi connectivity index (χ2n) is 8.66. The van der Waals surface area contributed by atoms with Crippen molar-refractivity contribution in [1.29, 1.82) is 0 Å². The van der Waals surface area contributed by atoms with Crippen LogP contribution < -0.4 is 9.46 Å². The van der Waals surface area contributed by atoms with Gasteiger partial charge in [-0.25, -0.2) is 9.59 Å². The summed E-state index contributed by atoms with van der Waals surface area (Å²) >= 11 is 0. The molecule has 0 aliphatic heterocycles. The molecule has 2 aromatic heterocycles. The highest BCUT2D eigenvalue weighted by molar-refractivity contribution is 5.91. The lowest BCUT2D eigenvalue weighted by molar-refractivity contribution is -0.605. The van der Waals surface area contributed by atoms with Crippen molar-refractivity contribution in [2.45, 2.75) is 0 Å². The normalized spacial score (nSPS) is 10.3. The minimum atomic E-state index is -1.06. The number of hydrogen-bond donors (Lipinski definition) is 2. The van der Waals surface area contributed by atoms with Crippen LogP contribution in [-0.4, -0.2) is 22.2 Å². The maximum absolute atomic E-state index is 10.8. The van der Waals surface area contributed by atoms with E-state index in [0.29, 0.717) is 0 Å². The quantitative estimate of drug-likeness (QED) is 0.192. The van der Waals surface area contributed by atoms with Crippen molar-refractivity contribution in [2.75, 3.05) is 0 Å². The summed E-state index contributed by atoms with van der Waals surface area (Å²) in [5.41, 5.74) is 4.50. The first-order valence-corrected chi connectivity index (χ1v) is 12.7. The zero-order valence-corrected chi connectivity index (χ0v) is 22.4. The summed E-state index contributed by atoms with van der Waals surface area (Å²) < 4.78 is 1.56.